The van der Waals surface area contributed by atoms with Gasteiger partial charge in [-0.25, -0.2) is 4.98 Å². The molecule has 0 aliphatic carbocycles. The zero-order valence-electron chi connectivity index (χ0n) is 8.51. The maximum absolute atomic E-state index is 9.19. The first-order chi connectivity index (χ1) is 7.35. The third-order valence-electron chi connectivity index (χ3n) is 2.39. The van der Waals surface area contributed by atoms with Crippen molar-refractivity contribution in [3.05, 3.63) is 28.6 Å². The van der Waals surface area contributed by atoms with Crippen molar-refractivity contribution < 1.29 is 5.11 Å². The largest absolute Gasteiger partial charge is 0.396 e. The van der Waals surface area contributed by atoms with E-state index in [0.717, 1.165) is 17.1 Å². The molecule has 0 fully saturated rings. The van der Waals surface area contributed by atoms with Crippen molar-refractivity contribution in [2.24, 2.45) is 0 Å². The number of aromatic nitrogens is 1. The van der Waals surface area contributed by atoms with Gasteiger partial charge < -0.3 is 5.11 Å². The molecule has 2 aromatic heterocycles. The van der Waals surface area contributed by atoms with E-state index in [2.05, 4.69) is 28.7 Å². The second-order valence-corrected chi connectivity index (χ2v) is 5.15. The van der Waals surface area contributed by atoms with Crippen LogP contribution in [0.1, 0.15) is 25.0 Å². The minimum Gasteiger partial charge on any atom is -0.396 e. The average molecular weight is 239 g/mol. The van der Waals surface area contributed by atoms with Gasteiger partial charge in [-0.15, -0.1) is 22.7 Å². The Bertz CT molecular complexity index is 404. The molecule has 0 saturated carbocycles. The molecule has 1 atom stereocenters. The van der Waals surface area contributed by atoms with Crippen molar-refractivity contribution in [3.63, 3.8) is 0 Å². The zero-order chi connectivity index (χ0) is 10.7. The van der Waals surface area contributed by atoms with Crippen molar-refractivity contribution >= 4 is 22.7 Å². The van der Waals surface area contributed by atoms with E-state index in [1.54, 1.807) is 22.7 Å². The highest BCUT2D eigenvalue weighted by molar-refractivity contribution is 7.20. The molecule has 2 rings (SSSR count). The number of thiazole rings is 1. The summed E-state index contributed by atoms with van der Waals surface area (Å²) in [6.07, 6.45) is 0.935. The van der Waals surface area contributed by atoms with Gasteiger partial charge in [0.1, 0.15) is 5.01 Å². The van der Waals surface area contributed by atoms with Crippen LogP contribution in [-0.4, -0.2) is 16.7 Å². The lowest BCUT2D eigenvalue weighted by atomic mass is 10.1. The van der Waals surface area contributed by atoms with Crippen LogP contribution in [0, 0.1) is 0 Å². The summed E-state index contributed by atoms with van der Waals surface area (Å²) < 4.78 is 0. The lowest BCUT2D eigenvalue weighted by Crippen LogP contribution is -2.02. The van der Waals surface area contributed by atoms with Gasteiger partial charge in [0.25, 0.3) is 0 Å². The summed E-state index contributed by atoms with van der Waals surface area (Å²) in [4.78, 5) is 5.77. The van der Waals surface area contributed by atoms with Gasteiger partial charge >= 0.3 is 0 Å². The predicted molar refractivity (Wildman–Crippen MR) is 65.5 cm³/mol. The minimum atomic E-state index is 0.185. The molecule has 0 amide bonds. The second-order valence-electron chi connectivity index (χ2n) is 3.34. The number of aliphatic hydroxyl groups excluding tert-OH is 1. The maximum Gasteiger partial charge on any atom is 0.133 e. The Labute approximate surface area is 97.2 Å². The van der Waals surface area contributed by atoms with Gasteiger partial charge in [0.05, 0.1) is 17.2 Å². The van der Waals surface area contributed by atoms with Gasteiger partial charge in [-0.05, 0) is 17.9 Å². The van der Waals surface area contributed by atoms with E-state index in [4.69, 9.17) is 0 Å². The smallest absolute Gasteiger partial charge is 0.133 e. The predicted octanol–water partition coefficient (Wildman–Crippen LogP) is 3.36. The summed E-state index contributed by atoms with van der Waals surface area (Å²) >= 11 is 3.36. The number of aliphatic hydroxyl groups is 1. The Balaban J connectivity index is 2.24. The first-order valence-electron chi connectivity index (χ1n) is 4.95. The van der Waals surface area contributed by atoms with Crippen LogP contribution in [0.4, 0.5) is 0 Å². The van der Waals surface area contributed by atoms with Crippen molar-refractivity contribution in [3.8, 4) is 9.88 Å². The monoisotopic (exact) mass is 239 g/mol. The Morgan fingerprint density at radius 3 is 2.93 bits per heavy atom. The Hall–Kier alpha value is -0.710. The summed E-state index contributed by atoms with van der Waals surface area (Å²) in [5.41, 5.74) is 1.02. The standard InChI is InChI=1S/C11H13NOS2/c1-2-8(6-13)9-7-15-11(12-9)10-4-3-5-14-10/h3-5,7-8,13H,2,6H2,1H3. The van der Waals surface area contributed by atoms with Crippen molar-refractivity contribution in [1.82, 2.24) is 4.98 Å². The molecule has 0 radical (unpaired) electrons. The fourth-order valence-corrected chi connectivity index (χ4v) is 3.13. The molecule has 15 heavy (non-hydrogen) atoms. The number of rotatable bonds is 4. The van der Waals surface area contributed by atoms with E-state index < -0.39 is 0 Å². The molecule has 2 heterocycles. The highest BCUT2D eigenvalue weighted by Crippen LogP contribution is 2.30. The molecule has 0 aliphatic rings. The summed E-state index contributed by atoms with van der Waals surface area (Å²) in [5, 5.41) is 14.4. The summed E-state index contributed by atoms with van der Waals surface area (Å²) in [5.74, 6) is 0.190. The first-order valence-corrected chi connectivity index (χ1v) is 6.71. The molecule has 0 bridgehead atoms. The van der Waals surface area contributed by atoms with Crippen LogP contribution in [0.5, 0.6) is 0 Å². The maximum atomic E-state index is 9.19. The summed E-state index contributed by atoms with van der Waals surface area (Å²) in [6.45, 7) is 2.26. The van der Waals surface area contributed by atoms with Crippen LogP contribution in [0.3, 0.4) is 0 Å². The molecule has 1 unspecified atom stereocenters. The van der Waals surface area contributed by atoms with E-state index >= 15 is 0 Å². The normalized spacial score (nSPS) is 12.9. The van der Waals surface area contributed by atoms with Crippen molar-refractivity contribution in [2.45, 2.75) is 19.3 Å². The summed E-state index contributed by atoms with van der Waals surface area (Å²) in [7, 11) is 0. The number of hydrogen-bond donors (Lipinski definition) is 1. The first kappa shape index (κ1) is 10.8. The van der Waals surface area contributed by atoms with Gasteiger partial charge in [-0.3, -0.25) is 0 Å². The molecule has 0 aromatic carbocycles. The van der Waals surface area contributed by atoms with Gasteiger partial charge in [-0.2, -0.15) is 0 Å². The zero-order valence-corrected chi connectivity index (χ0v) is 10.1. The van der Waals surface area contributed by atoms with Crippen LogP contribution in [0.25, 0.3) is 9.88 Å². The molecule has 0 aliphatic heterocycles. The van der Waals surface area contributed by atoms with E-state index in [1.807, 2.05) is 6.07 Å². The van der Waals surface area contributed by atoms with Gasteiger partial charge in [-0.1, -0.05) is 13.0 Å². The van der Waals surface area contributed by atoms with Crippen LogP contribution in [0.15, 0.2) is 22.9 Å². The molecule has 0 saturated heterocycles. The molecule has 0 spiro atoms. The SMILES string of the molecule is CCC(CO)c1csc(-c2cccs2)n1. The van der Waals surface area contributed by atoms with Gasteiger partial charge in [0, 0.05) is 11.3 Å². The van der Waals surface area contributed by atoms with Crippen LogP contribution >= 0.6 is 22.7 Å². The number of thiophene rings is 1. The average Bonchev–Trinajstić information content (AvgIpc) is 2.89. The van der Waals surface area contributed by atoms with E-state index in [0.29, 0.717) is 0 Å². The molecule has 80 valence electrons. The fourth-order valence-electron chi connectivity index (χ4n) is 1.42. The van der Waals surface area contributed by atoms with Crippen LogP contribution < -0.4 is 0 Å². The number of nitrogens with zero attached hydrogens (tertiary/aromatic N) is 1. The van der Waals surface area contributed by atoms with E-state index in [-0.39, 0.29) is 12.5 Å². The Kier molecular flexibility index (Phi) is 3.51. The molecular weight excluding hydrogens is 226 g/mol. The lowest BCUT2D eigenvalue weighted by molar-refractivity contribution is 0.260. The molecule has 4 heteroatoms. The van der Waals surface area contributed by atoms with E-state index in [1.165, 1.54) is 4.88 Å². The highest BCUT2D eigenvalue weighted by Gasteiger charge is 2.13. The van der Waals surface area contributed by atoms with Crippen molar-refractivity contribution in [2.75, 3.05) is 6.61 Å². The Morgan fingerprint density at radius 1 is 1.47 bits per heavy atom. The molecule has 2 nitrogen and oxygen atoms in total. The summed E-state index contributed by atoms with van der Waals surface area (Å²) in [6, 6.07) is 4.11. The van der Waals surface area contributed by atoms with Crippen molar-refractivity contribution in [1.29, 1.82) is 0 Å². The highest BCUT2D eigenvalue weighted by atomic mass is 32.1. The third kappa shape index (κ3) is 2.27. The topological polar surface area (TPSA) is 33.1 Å². The fraction of sp³-hybridized carbons (Fsp3) is 0.364. The van der Waals surface area contributed by atoms with Crippen LogP contribution in [0.2, 0.25) is 0 Å². The van der Waals surface area contributed by atoms with E-state index in [9.17, 15) is 5.11 Å². The lowest BCUT2D eigenvalue weighted by Gasteiger charge is -2.06. The number of hydrogen-bond acceptors (Lipinski definition) is 4. The van der Waals surface area contributed by atoms with Gasteiger partial charge in [0.2, 0.25) is 0 Å². The molecule has 2 aromatic rings. The quantitative estimate of drug-likeness (QED) is 0.887. The molecule has 1 N–H and O–H groups in total. The molecular formula is C11H13NOS2. The Morgan fingerprint density at radius 2 is 2.33 bits per heavy atom. The third-order valence-corrected chi connectivity index (χ3v) is 4.28. The minimum absolute atomic E-state index is 0.185. The second kappa shape index (κ2) is 4.88. The van der Waals surface area contributed by atoms with Gasteiger partial charge in [0.15, 0.2) is 0 Å². The van der Waals surface area contributed by atoms with Crippen LogP contribution in [-0.2, 0) is 0 Å².